The Labute approximate surface area is 136 Å². The van der Waals surface area contributed by atoms with Gasteiger partial charge in [-0.05, 0) is 36.8 Å². The summed E-state index contributed by atoms with van der Waals surface area (Å²) in [7, 11) is 0. The number of fused-ring (bicyclic) bond motifs is 2. The summed E-state index contributed by atoms with van der Waals surface area (Å²) in [4.78, 5) is 24.8. The Bertz CT molecular complexity index is 612. The molecule has 2 aliphatic rings. The molecule has 122 valence electrons. The van der Waals surface area contributed by atoms with Gasteiger partial charge >= 0.3 is 12.0 Å². The summed E-state index contributed by atoms with van der Waals surface area (Å²) in [5.74, 6) is -0.826. The van der Waals surface area contributed by atoms with E-state index in [4.69, 9.17) is 5.11 Å². The van der Waals surface area contributed by atoms with Crippen molar-refractivity contribution < 1.29 is 14.7 Å². The summed E-state index contributed by atoms with van der Waals surface area (Å²) < 4.78 is 0. The number of carboxylic acid groups (broad SMARTS) is 1. The van der Waals surface area contributed by atoms with Gasteiger partial charge in [0.15, 0.2) is 0 Å². The van der Waals surface area contributed by atoms with Gasteiger partial charge in [-0.2, -0.15) is 0 Å². The van der Waals surface area contributed by atoms with Crippen LogP contribution in [0.2, 0.25) is 0 Å². The van der Waals surface area contributed by atoms with Gasteiger partial charge in [0.05, 0.1) is 6.04 Å². The Morgan fingerprint density at radius 2 is 2.00 bits per heavy atom. The minimum absolute atomic E-state index is 0.0637. The van der Waals surface area contributed by atoms with Crippen LogP contribution < -0.4 is 5.32 Å². The van der Waals surface area contributed by atoms with Gasteiger partial charge in [-0.15, -0.1) is 0 Å². The van der Waals surface area contributed by atoms with Gasteiger partial charge in [-0.1, -0.05) is 36.4 Å². The third-order valence-corrected chi connectivity index (χ3v) is 4.62. The van der Waals surface area contributed by atoms with Crippen molar-refractivity contribution in [3.63, 3.8) is 0 Å². The lowest BCUT2D eigenvalue weighted by molar-refractivity contribution is -0.137. The molecule has 5 heteroatoms. The van der Waals surface area contributed by atoms with E-state index in [2.05, 4.69) is 23.5 Å². The lowest BCUT2D eigenvalue weighted by Crippen LogP contribution is -2.48. The van der Waals surface area contributed by atoms with E-state index in [1.54, 1.807) is 0 Å². The minimum atomic E-state index is -0.826. The number of rotatable bonds is 5. The first kappa shape index (κ1) is 15.6. The van der Waals surface area contributed by atoms with Crippen LogP contribution in [-0.4, -0.2) is 40.6 Å². The molecule has 2 heterocycles. The number of aliphatic carboxylic acids is 1. The minimum Gasteiger partial charge on any atom is -0.481 e. The Kier molecular flexibility index (Phi) is 4.65. The number of hydrogen-bond donors (Lipinski definition) is 2. The normalized spacial score (nSPS) is 22.6. The van der Waals surface area contributed by atoms with Gasteiger partial charge in [0.2, 0.25) is 0 Å². The van der Waals surface area contributed by atoms with Gasteiger partial charge < -0.3 is 15.3 Å². The number of nitrogens with one attached hydrogen (secondary N) is 1. The SMILES string of the molecule is O=C(O)CCCNC(=O)N1[C@@H]2CC[C@@H]1C=C(c1ccccc1)C2. The molecular formula is C18H22N2O3. The molecule has 2 aliphatic heterocycles. The van der Waals surface area contributed by atoms with E-state index in [-0.39, 0.29) is 24.5 Å². The van der Waals surface area contributed by atoms with Crippen molar-refractivity contribution in [2.75, 3.05) is 6.54 Å². The topological polar surface area (TPSA) is 69.6 Å². The van der Waals surface area contributed by atoms with Crippen molar-refractivity contribution in [1.82, 2.24) is 10.2 Å². The number of amides is 2. The third-order valence-electron chi connectivity index (χ3n) is 4.62. The number of urea groups is 1. The first-order valence-corrected chi connectivity index (χ1v) is 8.19. The summed E-state index contributed by atoms with van der Waals surface area (Å²) >= 11 is 0. The maximum Gasteiger partial charge on any atom is 0.318 e. The second-order valence-electron chi connectivity index (χ2n) is 6.20. The highest BCUT2D eigenvalue weighted by atomic mass is 16.4. The molecule has 2 amide bonds. The fraction of sp³-hybridized carbons (Fsp3) is 0.444. The molecule has 23 heavy (non-hydrogen) atoms. The van der Waals surface area contributed by atoms with E-state index in [0.717, 1.165) is 19.3 Å². The maximum atomic E-state index is 12.4. The van der Waals surface area contributed by atoms with Crippen LogP contribution in [0.3, 0.4) is 0 Å². The van der Waals surface area contributed by atoms with Crippen molar-refractivity contribution in [3.05, 3.63) is 42.0 Å². The first-order valence-electron chi connectivity index (χ1n) is 8.19. The van der Waals surface area contributed by atoms with Crippen molar-refractivity contribution >= 4 is 17.6 Å². The highest BCUT2D eigenvalue weighted by Gasteiger charge is 2.39. The van der Waals surface area contributed by atoms with Gasteiger partial charge in [-0.25, -0.2) is 4.79 Å². The van der Waals surface area contributed by atoms with Crippen molar-refractivity contribution in [2.24, 2.45) is 0 Å². The van der Waals surface area contributed by atoms with Gasteiger partial charge in [0.1, 0.15) is 0 Å². The number of benzene rings is 1. The zero-order valence-electron chi connectivity index (χ0n) is 13.1. The summed E-state index contributed by atoms with van der Waals surface area (Å²) in [6, 6.07) is 10.7. The number of carbonyl (C=O) groups excluding carboxylic acids is 1. The Morgan fingerprint density at radius 3 is 2.70 bits per heavy atom. The summed E-state index contributed by atoms with van der Waals surface area (Å²) in [6.07, 6.45) is 5.70. The molecule has 1 fully saturated rings. The molecule has 0 aromatic heterocycles. The molecule has 0 aliphatic carbocycles. The summed E-state index contributed by atoms with van der Waals surface area (Å²) in [6.45, 7) is 0.413. The predicted octanol–water partition coefficient (Wildman–Crippen LogP) is 2.88. The molecule has 3 rings (SSSR count). The quantitative estimate of drug-likeness (QED) is 0.821. The van der Waals surface area contributed by atoms with Crippen molar-refractivity contribution in [3.8, 4) is 0 Å². The van der Waals surface area contributed by atoms with Gasteiger partial charge in [-0.3, -0.25) is 4.79 Å². The van der Waals surface area contributed by atoms with E-state index in [0.29, 0.717) is 13.0 Å². The van der Waals surface area contributed by atoms with Crippen LogP contribution in [0.5, 0.6) is 0 Å². The largest absolute Gasteiger partial charge is 0.481 e. The van der Waals surface area contributed by atoms with Crippen LogP contribution in [0.1, 0.15) is 37.7 Å². The van der Waals surface area contributed by atoms with E-state index in [1.807, 2.05) is 23.1 Å². The Balaban J connectivity index is 1.61. The molecule has 0 saturated carbocycles. The van der Waals surface area contributed by atoms with E-state index < -0.39 is 5.97 Å². The van der Waals surface area contributed by atoms with Crippen LogP contribution in [0.15, 0.2) is 36.4 Å². The second kappa shape index (κ2) is 6.86. The summed E-state index contributed by atoms with van der Waals surface area (Å²) in [5, 5.41) is 11.5. The molecule has 0 unspecified atom stereocenters. The lowest BCUT2D eigenvalue weighted by atomic mass is 9.95. The van der Waals surface area contributed by atoms with Crippen molar-refractivity contribution in [1.29, 1.82) is 0 Å². The van der Waals surface area contributed by atoms with Crippen LogP contribution in [0.25, 0.3) is 5.57 Å². The summed E-state index contributed by atoms with van der Waals surface area (Å²) in [5.41, 5.74) is 2.57. The Hall–Kier alpha value is -2.30. The highest BCUT2D eigenvalue weighted by Crippen LogP contribution is 2.38. The number of nitrogens with zero attached hydrogens (tertiary/aromatic N) is 1. The molecule has 2 N–H and O–H groups in total. The van der Waals surface area contributed by atoms with Crippen molar-refractivity contribution in [2.45, 2.75) is 44.2 Å². The van der Waals surface area contributed by atoms with Gasteiger partial charge in [0, 0.05) is 19.0 Å². The highest BCUT2D eigenvalue weighted by molar-refractivity contribution is 5.78. The number of hydrogen-bond acceptors (Lipinski definition) is 2. The average molecular weight is 314 g/mol. The fourth-order valence-corrected chi connectivity index (χ4v) is 3.54. The first-order chi connectivity index (χ1) is 11.1. The van der Waals surface area contributed by atoms with E-state index >= 15 is 0 Å². The average Bonchev–Trinajstić information content (AvgIpc) is 2.82. The molecule has 0 spiro atoms. The standard InChI is InChI=1S/C18H22N2O3/c21-17(22)7-4-10-19-18(23)20-15-8-9-16(20)12-14(11-15)13-5-2-1-3-6-13/h1-3,5-6,11,15-16H,4,7-10,12H2,(H,19,23)(H,21,22)/t15-,16-/m1/s1. The maximum absolute atomic E-state index is 12.4. The molecule has 1 aromatic carbocycles. The zero-order valence-corrected chi connectivity index (χ0v) is 13.1. The zero-order chi connectivity index (χ0) is 16.2. The van der Waals surface area contributed by atoms with Crippen LogP contribution in [0.4, 0.5) is 4.79 Å². The monoisotopic (exact) mass is 314 g/mol. The molecule has 0 radical (unpaired) electrons. The van der Waals surface area contributed by atoms with Crippen LogP contribution in [-0.2, 0) is 4.79 Å². The lowest BCUT2D eigenvalue weighted by Gasteiger charge is -2.34. The molecular weight excluding hydrogens is 292 g/mol. The smallest absolute Gasteiger partial charge is 0.318 e. The molecule has 1 aromatic rings. The second-order valence-corrected chi connectivity index (χ2v) is 6.20. The van der Waals surface area contributed by atoms with E-state index in [9.17, 15) is 9.59 Å². The predicted molar refractivity (Wildman–Crippen MR) is 88.0 cm³/mol. The van der Waals surface area contributed by atoms with Crippen LogP contribution in [0, 0.1) is 0 Å². The van der Waals surface area contributed by atoms with E-state index in [1.165, 1.54) is 11.1 Å². The molecule has 2 atom stereocenters. The third kappa shape index (κ3) is 3.55. The van der Waals surface area contributed by atoms with Crippen LogP contribution >= 0.6 is 0 Å². The number of carboxylic acids is 1. The van der Waals surface area contributed by atoms with Gasteiger partial charge in [0.25, 0.3) is 0 Å². The fourth-order valence-electron chi connectivity index (χ4n) is 3.54. The molecule has 1 saturated heterocycles. The number of carbonyl (C=O) groups is 2. The molecule has 2 bridgehead atoms. The molecule has 5 nitrogen and oxygen atoms in total. The Morgan fingerprint density at radius 1 is 1.22 bits per heavy atom.